The Morgan fingerprint density at radius 1 is 1.58 bits per heavy atom. The second-order valence-corrected chi connectivity index (χ2v) is 3.02. The first kappa shape index (κ1) is 11.5. The number of aliphatic hydroxyl groups excluding tert-OH is 1. The number of hydrogen-bond donors (Lipinski definition) is 1. The lowest BCUT2D eigenvalue weighted by Crippen LogP contribution is -2.41. The van der Waals surface area contributed by atoms with Crippen LogP contribution in [0, 0.1) is 12.3 Å². The summed E-state index contributed by atoms with van der Waals surface area (Å²) in [7, 11) is 0. The van der Waals surface area contributed by atoms with Crippen molar-refractivity contribution in [3.8, 4) is 12.3 Å². The molecule has 0 aromatic heterocycles. The number of hydrogen-bond acceptors (Lipinski definition) is 2. The van der Waals surface area contributed by atoms with Gasteiger partial charge in [-0.05, 0) is 20.3 Å². The van der Waals surface area contributed by atoms with Crippen LogP contribution in [0.1, 0.15) is 33.6 Å². The second kappa shape index (κ2) is 5.18. The highest BCUT2D eigenvalue weighted by atomic mass is 16.5. The van der Waals surface area contributed by atoms with Crippen molar-refractivity contribution in [1.29, 1.82) is 0 Å². The maximum atomic E-state index is 9.63. The third-order valence-electron chi connectivity index (χ3n) is 2.19. The fraction of sp³-hybridized carbons (Fsp3) is 0.800. The molecule has 0 aromatic carbocycles. The van der Waals surface area contributed by atoms with E-state index < -0.39 is 11.7 Å². The fourth-order valence-electron chi connectivity index (χ4n) is 1.09. The summed E-state index contributed by atoms with van der Waals surface area (Å²) >= 11 is 0. The van der Waals surface area contributed by atoms with Gasteiger partial charge in [0.1, 0.15) is 0 Å². The van der Waals surface area contributed by atoms with Crippen LogP contribution in [0.2, 0.25) is 0 Å². The first-order chi connectivity index (χ1) is 5.60. The van der Waals surface area contributed by atoms with Crippen molar-refractivity contribution in [3.63, 3.8) is 0 Å². The van der Waals surface area contributed by atoms with Crippen molar-refractivity contribution in [1.82, 2.24) is 0 Å². The van der Waals surface area contributed by atoms with E-state index in [4.69, 9.17) is 11.2 Å². The van der Waals surface area contributed by atoms with E-state index in [2.05, 4.69) is 5.92 Å². The molecule has 0 aliphatic carbocycles. The van der Waals surface area contributed by atoms with Gasteiger partial charge in [-0.15, -0.1) is 12.3 Å². The molecule has 0 rings (SSSR count). The average Bonchev–Trinajstić information content (AvgIpc) is 2.05. The topological polar surface area (TPSA) is 29.5 Å². The Hall–Kier alpha value is -0.520. The Kier molecular flexibility index (Phi) is 4.96. The molecular formula is C10H18O2. The quantitative estimate of drug-likeness (QED) is 0.635. The molecular weight excluding hydrogens is 152 g/mol. The summed E-state index contributed by atoms with van der Waals surface area (Å²) in [6.45, 7) is 6.39. The molecule has 0 fully saturated rings. The highest BCUT2D eigenvalue weighted by Crippen LogP contribution is 2.21. The van der Waals surface area contributed by atoms with Crippen LogP contribution >= 0.6 is 0 Å². The molecule has 2 unspecified atom stereocenters. The molecule has 2 heteroatoms. The van der Waals surface area contributed by atoms with Crippen LogP contribution < -0.4 is 0 Å². The minimum Gasteiger partial charge on any atom is -0.389 e. The molecule has 0 heterocycles. The van der Waals surface area contributed by atoms with Gasteiger partial charge in [0.25, 0.3) is 0 Å². The molecule has 0 spiro atoms. The lowest BCUT2D eigenvalue weighted by molar-refractivity contribution is -0.108. The van der Waals surface area contributed by atoms with Gasteiger partial charge >= 0.3 is 0 Å². The molecule has 0 saturated carbocycles. The second-order valence-electron chi connectivity index (χ2n) is 3.02. The number of terminal acetylenes is 1. The molecule has 0 aliphatic heterocycles. The molecule has 0 radical (unpaired) electrons. The first-order valence-corrected chi connectivity index (χ1v) is 4.36. The van der Waals surface area contributed by atoms with E-state index in [1.54, 1.807) is 0 Å². The van der Waals surface area contributed by atoms with E-state index in [0.29, 0.717) is 13.0 Å². The van der Waals surface area contributed by atoms with Crippen LogP contribution in [0.3, 0.4) is 0 Å². The van der Waals surface area contributed by atoms with E-state index in [1.165, 1.54) is 0 Å². The van der Waals surface area contributed by atoms with Gasteiger partial charge in [-0.25, -0.2) is 0 Å². The van der Waals surface area contributed by atoms with Crippen LogP contribution in [0.25, 0.3) is 0 Å². The predicted molar refractivity (Wildman–Crippen MR) is 49.8 cm³/mol. The molecule has 70 valence electrons. The molecule has 2 atom stereocenters. The molecule has 12 heavy (non-hydrogen) atoms. The number of ether oxygens (including phenoxy) is 1. The van der Waals surface area contributed by atoms with Gasteiger partial charge in [-0.3, -0.25) is 0 Å². The molecule has 0 aliphatic rings. The Bertz CT molecular complexity index is 160. The molecule has 0 bridgehead atoms. The lowest BCUT2D eigenvalue weighted by Gasteiger charge is -2.32. The van der Waals surface area contributed by atoms with Crippen LogP contribution in [0.5, 0.6) is 0 Å². The zero-order valence-corrected chi connectivity index (χ0v) is 8.13. The Morgan fingerprint density at radius 3 is 2.50 bits per heavy atom. The number of rotatable bonds is 5. The van der Waals surface area contributed by atoms with Gasteiger partial charge in [0.15, 0.2) is 0 Å². The van der Waals surface area contributed by atoms with Crippen molar-refractivity contribution >= 4 is 0 Å². The lowest BCUT2D eigenvalue weighted by atomic mass is 9.93. The van der Waals surface area contributed by atoms with E-state index in [1.807, 2.05) is 20.8 Å². The third kappa shape index (κ3) is 2.84. The summed E-state index contributed by atoms with van der Waals surface area (Å²) in [5, 5.41) is 9.63. The van der Waals surface area contributed by atoms with Crippen LogP contribution in [-0.2, 0) is 4.74 Å². The number of aliphatic hydroxyl groups is 1. The Balaban J connectivity index is 4.20. The average molecular weight is 170 g/mol. The minimum atomic E-state index is -0.563. The maximum Gasteiger partial charge on any atom is 0.0935 e. The van der Waals surface area contributed by atoms with Gasteiger partial charge in [0.05, 0.1) is 11.7 Å². The smallest absolute Gasteiger partial charge is 0.0935 e. The molecule has 0 amide bonds. The van der Waals surface area contributed by atoms with Gasteiger partial charge < -0.3 is 9.84 Å². The summed E-state index contributed by atoms with van der Waals surface area (Å²) in [6.07, 6.45) is 5.67. The Labute approximate surface area is 74.9 Å². The fourth-order valence-corrected chi connectivity index (χ4v) is 1.09. The van der Waals surface area contributed by atoms with E-state index in [9.17, 15) is 5.11 Å². The first-order valence-electron chi connectivity index (χ1n) is 4.36. The largest absolute Gasteiger partial charge is 0.389 e. The SMILES string of the molecule is C#CCC(O)C(C)(CC)OCC. The minimum absolute atomic E-state index is 0.352. The predicted octanol–water partition coefficient (Wildman–Crippen LogP) is 1.58. The van der Waals surface area contributed by atoms with Crippen molar-refractivity contribution in [2.24, 2.45) is 0 Å². The Morgan fingerprint density at radius 2 is 2.17 bits per heavy atom. The highest BCUT2D eigenvalue weighted by molar-refractivity contribution is 4.94. The van der Waals surface area contributed by atoms with E-state index in [-0.39, 0.29) is 0 Å². The zero-order chi connectivity index (χ0) is 9.61. The van der Waals surface area contributed by atoms with Gasteiger partial charge in [0.2, 0.25) is 0 Å². The molecule has 2 nitrogen and oxygen atoms in total. The monoisotopic (exact) mass is 170 g/mol. The highest BCUT2D eigenvalue weighted by Gasteiger charge is 2.30. The van der Waals surface area contributed by atoms with Crippen molar-refractivity contribution in [2.45, 2.75) is 45.3 Å². The van der Waals surface area contributed by atoms with Crippen molar-refractivity contribution in [3.05, 3.63) is 0 Å². The summed E-state index contributed by atoms with van der Waals surface area (Å²) in [6, 6.07) is 0. The molecule has 1 N–H and O–H groups in total. The van der Waals surface area contributed by atoms with Crippen molar-refractivity contribution < 1.29 is 9.84 Å². The standard InChI is InChI=1S/C10H18O2/c1-5-8-9(11)10(4,6-2)12-7-3/h1,9,11H,6-8H2,2-4H3. The zero-order valence-electron chi connectivity index (χ0n) is 8.13. The summed E-state index contributed by atoms with van der Waals surface area (Å²) < 4.78 is 5.45. The van der Waals surface area contributed by atoms with Gasteiger partial charge in [-0.1, -0.05) is 6.92 Å². The molecule has 0 saturated heterocycles. The van der Waals surface area contributed by atoms with E-state index >= 15 is 0 Å². The van der Waals surface area contributed by atoms with E-state index in [0.717, 1.165) is 6.42 Å². The third-order valence-corrected chi connectivity index (χ3v) is 2.19. The van der Waals surface area contributed by atoms with Crippen LogP contribution in [0.15, 0.2) is 0 Å². The summed E-state index contributed by atoms with van der Waals surface area (Å²) in [4.78, 5) is 0. The summed E-state index contributed by atoms with van der Waals surface area (Å²) in [5.41, 5.74) is -0.485. The van der Waals surface area contributed by atoms with Crippen LogP contribution in [0.4, 0.5) is 0 Å². The molecule has 0 aromatic rings. The maximum absolute atomic E-state index is 9.63. The van der Waals surface area contributed by atoms with Crippen LogP contribution in [-0.4, -0.2) is 23.4 Å². The normalized spacial score (nSPS) is 17.9. The van der Waals surface area contributed by atoms with Gasteiger partial charge in [0, 0.05) is 13.0 Å². The van der Waals surface area contributed by atoms with Gasteiger partial charge in [-0.2, -0.15) is 0 Å². The van der Waals surface area contributed by atoms with Crippen molar-refractivity contribution in [2.75, 3.05) is 6.61 Å². The summed E-state index contributed by atoms with van der Waals surface area (Å²) in [5.74, 6) is 2.44.